The lowest BCUT2D eigenvalue weighted by atomic mass is 10.2. The van der Waals surface area contributed by atoms with E-state index in [9.17, 15) is 9.18 Å². The van der Waals surface area contributed by atoms with Crippen LogP contribution in [0.3, 0.4) is 0 Å². The maximum Gasteiger partial charge on any atom is 0.317 e. The van der Waals surface area contributed by atoms with E-state index in [1.807, 2.05) is 0 Å². The fourth-order valence-corrected chi connectivity index (χ4v) is 2.42. The molecular formula is C15H22FN3O. The minimum Gasteiger partial charge on any atom is -0.334 e. The first-order valence-electron chi connectivity index (χ1n) is 7.19. The monoisotopic (exact) mass is 279 g/mol. The van der Waals surface area contributed by atoms with Gasteiger partial charge in [-0.25, -0.2) is 9.18 Å². The van der Waals surface area contributed by atoms with Crippen molar-refractivity contribution in [2.75, 3.05) is 32.7 Å². The van der Waals surface area contributed by atoms with E-state index >= 15 is 0 Å². The van der Waals surface area contributed by atoms with Crippen molar-refractivity contribution >= 4 is 6.03 Å². The Morgan fingerprint density at radius 3 is 2.60 bits per heavy atom. The molecule has 2 amide bonds. The fourth-order valence-electron chi connectivity index (χ4n) is 2.42. The molecule has 1 heterocycles. The molecule has 0 aromatic heterocycles. The summed E-state index contributed by atoms with van der Waals surface area (Å²) < 4.78 is 13.4. The molecule has 1 saturated heterocycles. The Kier molecular flexibility index (Phi) is 5.35. The van der Waals surface area contributed by atoms with Crippen molar-refractivity contribution in [2.24, 2.45) is 0 Å². The van der Waals surface area contributed by atoms with Crippen molar-refractivity contribution in [1.29, 1.82) is 0 Å². The van der Waals surface area contributed by atoms with Crippen molar-refractivity contribution < 1.29 is 9.18 Å². The molecule has 0 aliphatic carbocycles. The Balaban J connectivity index is 1.77. The highest BCUT2D eigenvalue weighted by Crippen LogP contribution is 2.07. The lowest BCUT2D eigenvalue weighted by Gasteiger charge is -2.34. The van der Waals surface area contributed by atoms with Gasteiger partial charge in [0.1, 0.15) is 5.82 Å². The normalized spacial score (nSPS) is 16.2. The van der Waals surface area contributed by atoms with Gasteiger partial charge in [-0.3, -0.25) is 4.90 Å². The number of urea groups is 1. The van der Waals surface area contributed by atoms with Crippen LogP contribution in [0.25, 0.3) is 0 Å². The van der Waals surface area contributed by atoms with Crippen molar-refractivity contribution in [1.82, 2.24) is 15.1 Å². The molecule has 20 heavy (non-hydrogen) atoms. The molecule has 0 unspecified atom stereocenters. The zero-order valence-electron chi connectivity index (χ0n) is 11.9. The van der Waals surface area contributed by atoms with Gasteiger partial charge < -0.3 is 10.2 Å². The van der Waals surface area contributed by atoms with Gasteiger partial charge in [0.15, 0.2) is 0 Å². The average Bonchev–Trinajstić information content (AvgIpc) is 2.47. The first-order valence-corrected chi connectivity index (χ1v) is 7.19. The SMILES string of the molecule is CCCN1CCN(C(=O)NCc2ccccc2F)CC1. The second-order valence-electron chi connectivity index (χ2n) is 5.08. The van der Waals surface area contributed by atoms with Crippen LogP contribution in [0.1, 0.15) is 18.9 Å². The minimum absolute atomic E-state index is 0.107. The number of piperazine rings is 1. The van der Waals surface area contributed by atoms with Gasteiger partial charge in [0.2, 0.25) is 0 Å². The molecule has 0 bridgehead atoms. The molecule has 1 fully saturated rings. The van der Waals surface area contributed by atoms with E-state index in [1.165, 1.54) is 6.07 Å². The number of carbonyl (C=O) groups excluding carboxylic acids is 1. The Morgan fingerprint density at radius 2 is 1.95 bits per heavy atom. The predicted octanol–water partition coefficient (Wildman–Crippen LogP) is 2.06. The topological polar surface area (TPSA) is 35.6 Å². The molecule has 5 heteroatoms. The van der Waals surface area contributed by atoms with Crippen molar-refractivity contribution in [3.63, 3.8) is 0 Å². The van der Waals surface area contributed by atoms with Crippen molar-refractivity contribution in [3.8, 4) is 0 Å². The molecule has 2 rings (SSSR count). The van der Waals surface area contributed by atoms with E-state index in [1.54, 1.807) is 23.1 Å². The van der Waals surface area contributed by atoms with Gasteiger partial charge in [0.05, 0.1) is 0 Å². The van der Waals surface area contributed by atoms with Crippen molar-refractivity contribution in [3.05, 3.63) is 35.6 Å². The Bertz CT molecular complexity index is 444. The van der Waals surface area contributed by atoms with Gasteiger partial charge >= 0.3 is 6.03 Å². The lowest BCUT2D eigenvalue weighted by molar-refractivity contribution is 0.139. The van der Waals surface area contributed by atoms with E-state index < -0.39 is 0 Å². The number of halogens is 1. The van der Waals surface area contributed by atoms with E-state index in [2.05, 4.69) is 17.1 Å². The summed E-state index contributed by atoms with van der Waals surface area (Å²) in [5.41, 5.74) is 0.519. The third kappa shape index (κ3) is 3.93. The van der Waals surface area contributed by atoms with Crippen molar-refractivity contribution in [2.45, 2.75) is 19.9 Å². The number of carbonyl (C=O) groups is 1. The summed E-state index contributed by atoms with van der Waals surface area (Å²) in [7, 11) is 0. The number of nitrogens with zero attached hydrogens (tertiary/aromatic N) is 2. The molecule has 1 aromatic carbocycles. The maximum atomic E-state index is 13.4. The van der Waals surface area contributed by atoms with E-state index in [0.29, 0.717) is 5.56 Å². The largest absolute Gasteiger partial charge is 0.334 e. The average molecular weight is 279 g/mol. The van der Waals surface area contributed by atoms with Crippen LogP contribution in [0, 0.1) is 5.82 Å². The number of hydrogen-bond acceptors (Lipinski definition) is 2. The molecule has 0 saturated carbocycles. The summed E-state index contributed by atoms with van der Waals surface area (Å²) in [5.74, 6) is -0.277. The predicted molar refractivity (Wildman–Crippen MR) is 76.9 cm³/mol. The standard InChI is InChI=1S/C15H22FN3O/c1-2-7-18-8-10-19(11-9-18)15(20)17-12-13-5-3-4-6-14(13)16/h3-6H,2,7-12H2,1H3,(H,17,20). The van der Waals surface area contributed by atoms with Crippen LogP contribution in [0.5, 0.6) is 0 Å². The van der Waals surface area contributed by atoms with E-state index in [4.69, 9.17) is 0 Å². The van der Waals surface area contributed by atoms with Gasteiger partial charge in [-0.15, -0.1) is 0 Å². The highest BCUT2D eigenvalue weighted by atomic mass is 19.1. The first-order chi connectivity index (χ1) is 9.70. The summed E-state index contributed by atoms with van der Waals surface area (Å²) >= 11 is 0. The molecular weight excluding hydrogens is 257 g/mol. The second kappa shape index (κ2) is 7.24. The zero-order valence-corrected chi connectivity index (χ0v) is 11.9. The van der Waals surface area contributed by atoms with Crippen LogP contribution in [-0.2, 0) is 6.54 Å². The molecule has 0 radical (unpaired) electrons. The lowest BCUT2D eigenvalue weighted by Crippen LogP contribution is -2.51. The molecule has 1 aliphatic rings. The number of hydrogen-bond donors (Lipinski definition) is 1. The summed E-state index contributed by atoms with van der Waals surface area (Å²) in [6, 6.07) is 6.41. The third-order valence-electron chi connectivity index (χ3n) is 3.59. The van der Waals surface area contributed by atoms with Gasteiger partial charge in [0.25, 0.3) is 0 Å². The number of rotatable bonds is 4. The van der Waals surface area contributed by atoms with Crippen LogP contribution in [-0.4, -0.2) is 48.6 Å². The number of benzene rings is 1. The second-order valence-corrected chi connectivity index (χ2v) is 5.08. The zero-order chi connectivity index (χ0) is 14.4. The minimum atomic E-state index is -0.277. The smallest absolute Gasteiger partial charge is 0.317 e. The van der Waals surface area contributed by atoms with Crippen LogP contribution in [0.15, 0.2) is 24.3 Å². The van der Waals surface area contributed by atoms with Gasteiger partial charge in [0, 0.05) is 38.3 Å². The Morgan fingerprint density at radius 1 is 1.25 bits per heavy atom. The maximum absolute atomic E-state index is 13.4. The molecule has 0 atom stereocenters. The highest BCUT2D eigenvalue weighted by molar-refractivity contribution is 5.74. The summed E-state index contributed by atoms with van der Waals surface area (Å²) in [6.45, 7) is 6.80. The van der Waals surface area contributed by atoms with E-state index in [-0.39, 0.29) is 18.4 Å². The fraction of sp³-hybridized carbons (Fsp3) is 0.533. The quantitative estimate of drug-likeness (QED) is 0.915. The molecule has 1 aromatic rings. The van der Waals surface area contributed by atoms with Crippen LogP contribution in [0.4, 0.5) is 9.18 Å². The molecule has 4 nitrogen and oxygen atoms in total. The van der Waals surface area contributed by atoms with Crippen LogP contribution >= 0.6 is 0 Å². The summed E-state index contributed by atoms with van der Waals surface area (Å²) in [5, 5.41) is 2.78. The highest BCUT2D eigenvalue weighted by Gasteiger charge is 2.20. The van der Waals surface area contributed by atoms with E-state index in [0.717, 1.165) is 39.1 Å². The van der Waals surface area contributed by atoms with Crippen LogP contribution in [0.2, 0.25) is 0 Å². The first kappa shape index (κ1) is 14.8. The molecule has 1 N–H and O–H groups in total. The van der Waals surface area contributed by atoms with Gasteiger partial charge in [-0.2, -0.15) is 0 Å². The molecule has 0 spiro atoms. The summed E-state index contributed by atoms with van der Waals surface area (Å²) in [6.07, 6.45) is 1.14. The number of nitrogens with one attached hydrogen (secondary N) is 1. The van der Waals surface area contributed by atoms with Gasteiger partial charge in [-0.05, 0) is 19.0 Å². The Labute approximate surface area is 119 Å². The summed E-state index contributed by atoms with van der Waals surface area (Å²) in [4.78, 5) is 16.2. The number of amides is 2. The van der Waals surface area contributed by atoms with Gasteiger partial charge in [-0.1, -0.05) is 25.1 Å². The molecule has 110 valence electrons. The molecule has 1 aliphatic heterocycles. The van der Waals surface area contributed by atoms with Crippen LogP contribution < -0.4 is 5.32 Å². The Hall–Kier alpha value is -1.62. The third-order valence-corrected chi connectivity index (χ3v) is 3.59.